The first-order valence-corrected chi connectivity index (χ1v) is 9.40. The minimum atomic E-state index is 0.0643. The molecule has 0 unspecified atom stereocenters. The minimum Gasteiger partial charge on any atom is -0.383 e. The van der Waals surface area contributed by atoms with E-state index in [1.54, 1.807) is 13.3 Å². The molecule has 4 rings (SSSR count). The van der Waals surface area contributed by atoms with Crippen molar-refractivity contribution in [1.29, 1.82) is 0 Å². The van der Waals surface area contributed by atoms with Gasteiger partial charge in [0.25, 0.3) is 5.91 Å². The van der Waals surface area contributed by atoms with Gasteiger partial charge in [0, 0.05) is 56.6 Å². The fourth-order valence-electron chi connectivity index (χ4n) is 3.77. The number of imidazole rings is 1. The van der Waals surface area contributed by atoms with Crippen LogP contribution in [-0.2, 0) is 11.3 Å². The Bertz CT molecular complexity index is 929. The minimum absolute atomic E-state index is 0.0643. The number of methoxy groups -OCH3 is 1. The normalized spacial score (nSPS) is 15.4. The standard InChI is InChI=1S/C21H24N4O2/c1-27-13-12-24-11-8-22-20(24)16-6-9-25(10-7-16)21(26)18-14-17-4-2-3-5-19(17)23-15-18/h2-5,8,11,14-16H,6-7,9-10,12-13H2,1H3. The third kappa shape index (κ3) is 3.71. The van der Waals surface area contributed by atoms with Crippen LogP contribution < -0.4 is 0 Å². The maximum absolute atomic E-state index is 12.9. The molecule has 6 heteroatoms. The lowest BCUT2D eigenvalue weighted by atomic mass is 9.95. The smallest absolute Gasteiger partial charge is 0.255 e. The molecule has 1 saturated heterocycles. The van der Waals surface area contributed by atoms with Gasteiger partial charge in [-0.1, -0.05) is 18.2 Å². The molecule has 3 heterocycles. The SMILES string of the molecule is COCCn1ccnc1C1CCN(C(=O)c2cnc3ccccc3c2)CC1. The summed E-state index contributed by atoms with van der Waals surface area (Å²) in [5, 5.41) is 0.999. The molecule has 0 spiro atoms. The number of piperidine rings is 1. The molecule has 1 amide bonds. The van der Waals surface area contributed by atoms with Crippen molar-refractivity contribution in [2.75, 3.05) is 26.8 Å². The van der Waals surface area contributed by atoms with Crippen LogP contribution in [0.2, 0.25) is 0 Å². The number of aromatic nitrogens is 3. The van der Waals surface area contributed by atoms with Crippen molar-refractivity contribution in [3.8, 4) is 0 Å². The van der Waals surface area contributed by atoms with Crippen LogP contribution in [0.15, 0.2) is 48.9 Å². The molecular formula is C21H24N4O2. The van der Waals surface area contributed by atoms with Crippen LogP contribution in [0, 0.1) is 0 Å². The Labute approximate surface area is 158 Å². The van der Waals surface area contributed by atoms with Crippen molar-refractivity contribution in [3.63, 3.8) is 0 Å². The summed E-state index contributed by atoms with van der Waals surface area (Å²) in [6, 6.07) is 9.81. The molecule has 1 aliphatic rings. The number of pyridine rings is 1. The molecule has 140 valence electrons. The van der Waals surface area contributed by atoms with Gasteiger partial charge in [0.1, 0.15) is 5.82 Å². The van der Waals surface area contributed by atoms with Gasteiger partial charge in [-0.05, 0) is 25.0 Å². The maximum atomic E-state index is 12.9. The lowest BCUT2D eigenvalue weighted by Gasteiger charge is -2.32. The molecular weight excluding hydrogens is 340 g/mol. The van der Waals surface area contributed by atoms with Gasteiger partial charge in [0.05, 0.1) is 17.7 Å². The zero-order chi connectivity index (χ0) is 18.6. The summed E-state index contributed by atoms with van der Waals surface area (Å²) in [4.78, 5) is 23.8. The molecule has 0 radical (unpaired) electrons. The van der Waals surface area contributed by atoms with Gasteiger partial charge in [-0.15, -0.1) is 0 Å². The number of hydrogen-bond acceptors (Lipinski definition) is 4. The summed E-state index contributed by atoms with van der Waals surface area (Å²) in [7, 11) is 1.71. The van der Waals surface area contributed by atoms with Crippen LogP contribution in [0.4, 0.5) is 0 Å². The lowest BCUT2D eigenvalue weighted by Crippen LogP contribution is -2.38. The van der Waals surface area contributed by atoms with E-state index in [2.05, 4.69) is 14.5 Å². The van der Waals surface area contributed by atoms with E-state index in [1.807, 2.05) is 47.6 Å². The number of likely N-dealkylation sites (tertiary alicyclic amines) is 1. The van der Waals surface area contributed by atoms with Gasteiger partial charge in [-0.2, -0.15) is 0 Å². The number of amides is 1. The molecule has 1 fully saturated rings. The monoisotopic (exact) mass is 364 g/mol. The van der Waals surface area contributed by atoms with Crippen LogP contribution in [-0.4, -0.2) is 52.1 Å². The van der Waals surface area contributed by atoms with E-state index in [0.29, 0.717) is 18.1 Å². The fourth-order valence-corrected chi connectivity index (χ4v) is 3.77. The van der Waals surface area contributed by atoms with Crippen LogP contribution in [0.1, 0.15) is 34.9 Å². The molecule has 0 aliphatic carbocycles. The molecule has 6 nitrogen and oxygen atoms in total. The zero-order valence-electron chi connectivity index (χ0n) is 15.5. The summed E-state index contributed by atoms with van der Waals surface area (Å²) in [6.45, 7) is 2.98. The highest BCUT2D eigenvalue weighted by Crippen LogP contribution is 2.28. The Hall–Kier alpha value is -2.73. The van der Waals surface area contributed by atoms with Crippen molar-refractivity contribution in [2.24, 2.45) is 0 Å². The number of rotatable bonds is 5. The lowest BCUT2D eigenvalue weighted by molar-refractivity contribution is 0.0709. The summed E-state index contributed by atoms with van der Waals surface area (Å²) in [5.41, 5.74) is 1.57. The third-order valence-electron chi connectivity index (χ3n) is 5.27. The molecule has 27 heavy (non-hydrogen) atoms. The van der Waals surface area contributed by atoms with Gasteiger partial charge >= 0.3 is 0 Å². The highest BCUT2D eigenvalue weighted by Gasteiger charge is 2.27. The number of nitrogens with zero attached hydrogens (tertiary/aromatic N) is 4. The second-order valence-electron chi connectivity index (χ2n) is 6.95. The molecule has 0 N–H and O–H groups in total. The Morgan fingerprint density at radius 1 is 1.22 bits per heavy atom. The van der Waals surface area contributed by atoms with E-state index in [4.69, 9.17) is 4.74 Å². The molecule has 3 aromatic rings. The Kier molecular flexibility index (Phi) is 5.16. The van der Waals surface area contributed by atoms with Crippen molar-refractivity contribution in [3.05, 3.63) is 60.3 Å². The number of fused-ring (bicyclic) bond motifs is 1. The van der Waals surface area contributed by atoms with Crippen molar-refractivity contribution in [2.45, 2.75) is 25.3 Å². The van der Waals surface area contributed by atoms with Gasteiger partial charge in [0.15, 0.2) is 0 Å². The van der Waals surface area contributed by atoms with Crippen LogP contribution in [0.5, 0.6) is 0 Å². The van der Waals surface area contributed by atoms with Crippen molar-refractivity contribution < 1.29 is 9.53 Å². The first kappa shape index (κ1) is 17.7. The summed E-state index contributed by atoms with van der Waals surface area (Å²) in [5.74, 6) is 1.55. The number of carbonyl (C=O) groups is 1. The Morgan fingerprint density at radius 3 is 2.85 bits per heavy atom. The largest absolute Gasteiger partial charge is 0.383 e. The molecule has 2 aromatic heterocycles. The fraction of sp³-hybridized carbons (Fsp3) is 0.381. The predicted octanol–water partition coefficient (Wildman–Crippen LogP) is 3.10. The Balaban J connectivity index is 1.42. The van der Waals surface area contributed by atoms with E-state index in [1.165, 1.54) is 0 Å². The van der Waals surface area contributed by atoms with Crippen LogP contribution in [0.3, 0.4) is 0 Å². The van der Waals surface area contributed by atoms with E-state index in [9.17, 15) is 4.79 Å². The average molecular weight is 364 g/mol. The van der Waals surface area contributed by atoms with Crippen molar-refractivity contribution >= 4 is 16.8 Å². The molecule has 0 atom stereocenters. The molecule has 0 bridgehead atoms. The van der Waals surface area contributed by atoms with Gasteiger partial charge in [0.2, 0.25) is 0 Å². The number of para-hydroxylation sites is 1. The molecule has 0 saturated carbocycles. The third-order valence-corrected chi connectivity index (χ3v) is 5.27. The maximum Gasteiger partial charge on any atom is 0.255 e. The van der Waals surface area contributed by atoms with Gasteiger partial charge in [-0.25, -0.2) is 4.98 Å². The van der Waals surface area contributed by atoms with Gasteiger partial charge < -0.3 is 14.2 Å². The van der Waals surface area contributed by atoms with Gasteiger partial charge in [-0.3, -0.25) is 9.78 Å². The second kappa shape index (κ2) is 7.88. The number of benzene rings is 1. The molecule has 1 aromatic carbocycles. The molecule has 1 aliphatic heterocycles. The second-order valence-corrected chi connectivity index (χ2v) is 6.95. The highest BCUT2D eigenvalue weighted by atomic mass is 16.5. The zero-order valence-corrected chi connectivity index (χ0v) is 15.5. The van der Waals surface area contributed by atoms with E-state index >= 15 is 0 Å². The first-order valence-electron chi connectivity index (χ1n) is 9.40. The summed E-state index contributed by atoms with van der Waals surface area (Å²) < 4.78 is 7.34. The van der Waals surface area contributed by atoms with Crippen LogP contribution in [0.25, 0.3) is 10.9 Å². The highest BCUT2D eigenvalue weighted by molar-refractivity contribution is 5.97. The summed E-state index contributed by atoms with van der Waals surface area (Å²) in [6.07, 6.45) is 7.40. The average Bonchev–Trinajstić information content (AvgIpc) is 3.20. The summed E-state index contributed by atoms with van der Waals surface area (Å²) >= 11 is 0. The van der Waals surface area contributed by atoms with E-state index < -0.39 is 0 Å². The van der Waals surface area contributed by atoms with E-state index in [-0.39, 0.29) is 5.91 Å². The number of carbonyl (C=O) groups excluding carboxylic acids is 1. The number of hydrogen-bond donors (Lipinski definition) is 0. The van der Waals surface area contributed by atoms with Crippen LogP contribution >= 0.6 is 0 Å². The van der Waals surface area contributed by atoms with Crippen molar-refractivity contribution in [1.82, 2.24) is 19.4 Å². The first-order chi connectivity index (χ1) is 13.3. The topological polar surface area (TPSA) is 60.2 Å². The number of ether oxygens (including phenoxy) is 1. The quantitative estimate of drug-likeness (QED) is 0.698. The predicted molar refractivity (Wildman–Crippen MR) is 104 cm³/mol. The van der Waals surface area contributed by atoms with E-state index in [0.717, 1.165) is 49.2 Å². The Morgan fingerprint density at radius 2 is 2.04 bits per heavy atom.